The van der Waals surface area contributed by atoms with Gasteiger partial charge in [0, 0.05) is 16.5 Å². The van der Waals surface area contributed by atoms with E-state index < -0.39 is 0 Å². The lowest BCUT2D eigenvalue weighted by atomic mass is 9.97. The zero-order valence-electron chi connectivity index (χ0n) is 17.4. The van der Waals surface area contributed by atoms with E-state index in [1.807, 2.05) is 48.0 Å². The van der Waals surface area contributed by atoms with E-state index in [0.717, 1.165) is 46.7 Å². The number of aromatic amines is 1. The first-order valence-corrected chi connectivity index (χ1v) is 12.5. The third-order valence-electron chi connectivity index (χ3n) is 5.46. The molecule has 0 radical (unpaired) electrons. The first-order chi connectivity index (χ1) is 15.6. The third-order valence-corrected chi connectivity index (χ3v) is 7.14. The summed E-state index contributed by atoms with van der Waals surface area (Å²) in [5.74, 6) is 0.522. The van der Waals surface area contributed by atoms with Crippen molar-refractivity contribution in [2.45, 2.75) is 30.6 Å². The highest BCUT2D eigenvalue weighted by atomic mass is 32.2. The maximum Gasteiger partial charge on any atom is 0.257 e. The van der Waals surface area contributed by atoms with Crippen LogP contribution in [-0.4, -0.2) is 31.9 Å². The summed E-state index contributed by atoms with van der Waals surface area (Å²) in [6.07, 6.45) is 5.46. The van der Waals surface area contributed by atoms with Gasteiger partial charge in [0.2, 0.25) is 5.95 Å². The normalized spacial score (nSPS) is 13.0. The number of H-pyrrole nitrogens is 1. The van der Waals surface area contributed by atoms with Crippen molar-refractivity contribution >= 4 is 34.8 Å². The number of fused-ring (bicyclic) bond motifs is 1. The van der Waals surface area contributed by atoms with Crippen molar-refractivity contribution < 1.29 is 4.79 Å². The van der Waals surface area contributed by atoms with Crippen LogP contribution in [0.3, 0.4) is 0 Å². The van der Waals surface area contributed by atoms with Crippen LogP contribution in [-0.2, 0) is 12.8 Å². The van der Waals surface area contributed by atoms with Crippen LogP contribution in [0.2, 0.25) is 0 Å². The predicted octanol–water partition coefficient (Wildman–Crippen LogP) is 4.54. The van der Waals surface area contributed by atoms with Crippen LogP contribution in [0.25, 0.3) is 16.5 Å². The number of hydrogen-bond donors (Lipinski definition) is 2. The van der Waals surface area contributed by atoms with Crippen LogP contribution in [0, 0.1) is 0 Å². The van der Waals surface area contributed by atoms with Crippen molar-refractivity contribution in [2.24, 2.45) is 0 Å². The fraction of sp³-hybridized carbons (Fsp3) is 0.217. The summed E-state index contributed by atoms with van der Waals surface area (Å²) in [5.41, 5.74) is 2.72. The maximum atomic E-state index is 13.1. The van der Waals surface area contributed by atoms with Crippen molar-refractivity contribution in [3.8, 4) is 16.5 Å². The lowest BCUT2D eigenvalue weighted by molar-refractivity contribution is 0.102. The number of anilines is 1. The van der Waals surface area contributed by atoms with Crippen LogP contribution in [0.5, 0.6) is 0 Å². The Morgan fingerprint density at radius 2 is 2.03 bits per heavy atom. The summed E-state index contributed by atoms with van der Waals surface area (Å²) in [6, 6.07) is 13.2. The average molecular weight is 464 g/mol. The Morgan fingerprint density at radius 1 is 1.19 bits per heavy atom. The number of aryl methyl sites for hydroxylation is 1. The Morgan fingerprint density at radius 3 is 2.84 bits per heavy atom. The van der Waals surface area contributed by atoms with Gasteiger partial charge in [-0.15, -0.1) is 23.1 Å². The van der Waals surface area contributed by atoms with E-state index in [4.69, 9.17) is 4.98 Å². The third kappa shape index (κ3) is 3.89. The molecule has 4 aromatic rings. The van der Waals surface area contributed by atoms with E-state index in [9.17, 15) is 9.59 Å². The molecule has 0 atom stereocenters. The lowest BCUT2D eigenvalue weighted by Crippen LogP contribution is -2.24. The highest BCUT2D eigenvalue weighted by Gasteiger charge is 2.21. The molecular formula is C23H21N5O2S2. The summed E-state index contributed by atoms with van der Waals surface area (Å²) in [5, 5.41) is 9.62. The second kappa shape index (κ2) is 8.76. The fourth-order valence-electron chi connectivity index (χ4n) is 3.88. The SMILES string of the molecule is CSc1ccccc1C(=O)Nc1cc(-c2cccs2)nn1-c1nc2c(c(=O)[nH]1)CCCC2. The Hall–Kier alpha value is -3.17. The number of carbonyl (C=O) groups is 1. The van der Waals surface area contributed by atoms with E-state index in [2.05, 4.69) is 15.4 Å². The Labute approximate surface area is 192 Å². The van der Waals surface area contributed by atoms with Gasteiger partial charge in [-0.1, -0.05) is 18.2 Å². The molecule has 1 aromatic carbocycles. The molecule has 0 saturated carbocycles. The van der Waals surface area contributed by atoms with Gasteiger partial charge in [-0.3, -0.25) is 14.6 Å². The highest BCUT2D eigenvalue weighted by molar-refractivity contribution is 7.98. The molecule has 0 unspecified atom stereocenters. The maximum absolute atomic E-state index is 13.1. The summed E-state index contributed by atoms with van der Waals surface area (Å²) in [6.45, 7) is 0. The Balaban J connectivity index is 1.59. The van der Waals surface area contributed by atoms with Gasteiger partial charge in [0.15, 0.2) is 0 Å². The number of nitrogens with zero attached hydrogens (tertiary/aromatic N) is 3. The number of hydrogen-bond acceptors (Lipinski definition) is 6. The minimum Gasteiger partial charge on any atom is -0.306 e. The van der Waals surface area contributed by atoms with Gasteiger partial charge in [0.05, 0.1) is 16.1 Å². The minimum atomic E-state index is -0.242. The zero-order chi connectivity index (χ0) is 22.1. The smallest absolute Gasteiger partial charge is 0.257 e. The molecule has 2 N–H and O–H groups in total. The number of thiophene rings is 1. The number of nitrogens with one attached hydrogen (secondary N) is 2. The van der Waals surface area contributed by atoms with E-state index in [1.54, 1.807) is 17.4 Å². The topological polar surface area (TPSA) is 92.7 Å². The number of carbonyl (C=O) groups excluding carboxylic acids is 1. The first kappa shape index (κ1) is 20.7. The van der Waals surface area contributed by atoms with Crippen LogP contribution in [0.15, 0.2) is 57.5 Å². The van der Waals surface area contributed by atoms with Crippen LogP contribution in [0.1, 0.15) is 34.5 Å². The molecule has 3 aromatic heterocycles. The summed E-state index contributed by atoms with van der Waals surface area (Å²) in [7, 11) is 0. The molecule has 1 aliphatic rings. The van der Waals surface area contributed by atoms with E-state index in [1.165, 1.54) is 16.4 Å². The van der Waals surface area contributed by atoms with E-state index in [-0.39, 0.29) is 11.5 Å². The van der Waals surface area contributed by atoms with E-state index >= 15 is 0 Å². The molecule has 0 bridgehead atoms. The quantitative estimate of drug-likeness (QED) is 0.424. The molecule has 0 saturated heterocycles. The molecule has 7 nitrogen and oxygen atoms in total. The van der Waals surface area contributed by atoms with Gasteiger partial charge in [0.25, 0.3) is 11.5 Å². The van der Waals surface area contributed by atoms with Crippen LogP contribution >= 0.6 is 23.1 Å². The van der Waals surface area contributed by atoms with Gasteiger partial charge in [-0.25, -0.2) is 4.98 Å². The number of benzene rings is 1. The largest absolute Gasteiger partial charge is 0.306 e. The summed E-state index contributed by atoms with van der Waals surface area (Å²) >= 11 is 3.07. The molecule has 162 valence electrons. The fourth-order valence-corrected chi connectivity index (χ4v) is 5.16. The lowest BCUT2D eigenvalue weighted by Gasteiger charge is -2.15. The highest BCUT2D eigenvalue weighted by Crippen LogP contribution is 2.29. The zero-order valence-corrected chi connectivity index (χ0v) is 19.1. The molecule has 0 spiro atoms. The van der Waals surface area contributed by atoms with E-state index in [0.29, 0.717) is 23.0 Å². The summed E-state index contributed by atoms with van der Waals surface area (Å²) in [4.78, 5) is 35.2. The molecule has 0 aliphatic heterocycles. The van der Waals surface area contributed by atoms with Crippen molar-refractivity contribution in [1.82, 2.24) is 19.7 Å². The number of rotatable bonds is 5. The molecule has 0 fully saturated rings. The van der Waals surface area contributed by atoms with Gasteiger partial charge >= 0.3 is 0 Å². The second-order valence-corrected chi connectivity index (χ2v) is 9.28. The molecule has 5 rings (SSSR count). The molecule has 32 heavy (non-hydrogen) atoms. The van der Waals surface area contributed by atoms with Crippen LogP contribution < -0.4 is 10.9 Å². The first-order valence-electron chi connectivity index (χ1n) is 10.3. The number of thioether (sulfide) groups is 1. The van der Waals surface area contributed by atoms with Crippen molar-refractivity contribution in [3.63, 3.8) is 0 Å². The van der Waals surface area contributed by atoms with Gasteiger partial charge < -0.3 is 5.32 Å². The van der Waals surface area contributed by atoms with Crippen molar-refractivity contribution in [3.05, 3.63) is 75.0 Å². The molecule has 1 amide bonds. The predicted molar refractivity (Wildman–Crippen MR) is 128 cm³/mol. The van der Waals surface area contributed by atoms with Crippen molar-refractivity contribution in [2.75, 3.05) is 11.6 Å². The van der Waals surface area contributed by atoms with Gasteiger partial charge in [-0.05, 0) is 55.5 Å². The number of aromatic nitrogens is 4. The Bertz CT molecular complexity index is 1340. The monoisotopic (exact) mass is 463 g/mol. The van der Waals surface area contributed by atoms with Crippen LogP contribution in [0.4, 0.5) is 5.82 Å². The average Bonchev–Trinajstić information content (AvgIpc) is 3.49. The molecule has 3 heterocycles. The molecular weight excluding hydrogens is 442 g/mol. The molecule has 1 aliphatic carbocycles. The van der Waals surface area contributed by atoms with Gasteiger partial charge in [-0.2, -0.15) is 9.78 Å². The number of amides is 1. The van der Waals surface area contributed by atoms with Gasteiger partial charge in [0.1, 0.15) is 11.5 Å². The minimum absolute atomic E-state index is 0.136. The standard InChI is InChI=1S/C23H21N5O2S2/c1-31-18-10-5-3-8-15(18)22(30)25-20-13-17(19-11-6-12-32-19)27-28(20)23-24-16-9-4-2-7-14(16)21(29)26-23/h3,5-6,8,10-13H,2,4,7,9H2,1H3,(H,25,30)(H,24,26,29). The Kier molecular flexibility index (Phi) is 5.67. The second-order valence-electron chi connectivity index (χ2n) is 7.48. The van der Waals surface area contributed by atoms with Crippen molar-refractivity contribution in [1.29, 1.82) is 0 Å². The summed E-state index contributed by atoms with van der Waals surface area (Å²) < 4.78 is 1.52. The molecule has 9 heteroatoms.